The van der Waals surface area contributed by atoms with Gasteiger partial charge in [-0.25, -0.2) is 0 Å². The number of rotatable bonds is 5. The molecule has 90 valence electrons. The van der Waals surface area contributed by atoms with E-state index in [1.807, 2.05) is 6.92 Å². The molecule has 1 unspecified atom stereocenters. The molecule has 1 atom stereocenters. The number of methoxy groups -OCH3 is 1. The van der Waals surface area contributed by atoms with Crippen molar-refractivity contribution in [2.75, 3.05) is 13.7 Å². The summed E-state index contributed by atoms with van der Waals surface area (Å²) < 4.78 is 5.83. The Morgan fingerprint density at radius 2 is 2.19 bits per heavy atom. The Bertz CT molecular complexity index is 357. The third kappa shape index (κ3) is 3.37. The minimum atomic E-state index is 0.0340. The molecule has 1 aromatic carbocycles. The van der Waals surface area contributed by atoms with E-state index in [1.54, 1.807) is 12.1 Å². The van der Waals surface area contributed by atoms with Crippen molar-refractivity contribution in [1.29, 1.82) is 0 Å². The van der Waals surface area contributed by atoms with Crippen molar-refractivity contribution in [2.45, 2.75) is 19.5 Å². The first kappa shape index (κ1) is 13.3. The van der Waals surface area contributed by atoms with Gasteiger partial charge in [0, 0.05) is 17.1 Å². The molecule has 0 amide bonds. The summed E-state index contributed by atoms with van der Waals surface area (Å²) >= 11 is 3.36. The van der Waals surface area contributed by atoms with Gasteiger partial charge in [0.2, 0.25) is 0 Å². The highest BCUT2D eigenvalue weighted by atomic mass is 79.9. The molecule has 0 bridgehead atoms. The topological polar surface area (TPSA) is 61.7 Å². The van der Waals surface area contributed by atoms with Crippen molar-refractivity contribution < 1.29 is 14.9 Å². The van der Waals surface area contributed by atoms with Gasteiger partial charge in [0.25, 0.3) is 0 Å². The summed E-state index contributed by atoms with van der Waals surface area (Å²) in [6.45, 7) is 2.58. The molecule has 1 aromatic rings. The lowest BCUT2D eigenvalue weighted by molar-refractivity contribution is 0.251. The highest BCUT2D eigenvalue weighted by Gasteiger charge is 2.08. The van der Waals surface area contributed by atoms with Gasteiger partial charge >= 0.3 is 0 Å². The van der Waals surface area contributed by atoms with Crippen molar-refractivity contribution in [3.63, 3.8) is 0 Å². The molecule has 0 heterocycles. The molecule has 0 saturated heterocycles. The summed E-state index contributed by atoms with van der Waals surface area (Å²) in [5.41, 5.74) is 0.968. The summed E-state index contributed by atoms with van der Waals surface area (Å²) in [5, 5.41) is 21.6. The van der Waals surface area contributed by atoms with Gasteiger partial charge < -0.3 is 20.3 Å². The maximum Gasteiger partial charge on any atom is 0.160 e. The number of aromatic hydroxyl groups is 1. The predicted octanol–water partition coefficient (Wildman–Crippen LogP) is 1.63. The van der Waals surface area contributed by atoms with E-state index < -0.39 is 0 Å². The monoisotopic (exact) mass is 289 g/mol. The minimum Gasteiger partial charge on any atom is -0.504 e. The van der Waals surface area contributed by atoms with Gasteiger partial charge in [0.05, 0.1) is 13.7 Å². The third-order valence-electron chi connectivity index (χ3n) is 2.26. The van der Waals surface area contributed by atoms with Gasteiger partial charge in [-0.1, -0.05) is 15.9 Å². The number of hydrogen-bond acceptors (Lipinski definition) is 4. The molecule has 4 nitrogen and oxygen atoms in total. The SMILES string of the molecule is COc1cc(CNC(C)CO)c(Br)cc1O. The van der Waals surface area contributed by atoms with Crippen LogP contribution in [0.15, 0.2) is 16.6 Å². The number of halogens is 1. The predicted molar refractivity (Wildman–Crippen MR) is 65.7 cm³/mol. The van der Waals surface area contributed by atoms with E-state index in [1.165, 1.54) is 7.11 Å². The van der Waals surface area contributed by atoms with Crippen LogP contribution in [-0.2, 0) is 6.54 Å². The second-order valence-electron chi connectivity index (χ2n) is 3.58. The zero-order valence-corrected chi connectivity index (χ0v) is 10.9. The maximum atomic E-state index is 9.52. The zero-order chi connectivity index (χ0) is 12.1. The molecule has 0 radical (unpaired) electrons. The second kappa shape index (κ2) is 6.08. The van der Waals surface area contributed by atoms with Gasteiger partial charge in [-0.05, 0) is 24.6 Å². The van der Waals surface area contributed by atoms with E-state index in [0.717, 1.165) is 10.0 Å². The van der Waals surface area contributed by atoms with E-state index in [-0.39, 0.29) is 18.4 Å². The fourth-order valence-electron chi connectivity index (χ4n) is 1.23. The summed E-state index contributed by atoms with van der Waals surface area (Å²) in [6.07, 6.45) is 0. The van der Waals surface area contributed by atoms with E-state index in [4.69, 9.17) is 9.84 Å². The van der Waals surface area contributed by atoms with Crippen molar-refractivity contribution >= 4 is 15.9 Å². The van der Waals surface area contributed by atoms with E-state index in [0.29, 0.717) is 12.3 Å². The number of aliphatic hydroxyl groups excluding tert-OH is 1. The Hall–Kier alpha value is -0.780. The van der Waals surface area contributed by atoms with Gasteiger partial charge in [-0.2, -0.15) is 0 Å². The van der Waals surface area contributed by atoms with Crippen LogP contribution in [-0.4, -0.2) is 30.0 Å². The first-order valence-electron chi connectivity index (χ1n) is 4.98. The molecule has 0 aliphatic heterocycles. The number of benzene rings is 1. The van der Waals surface area contributed by atoms with E-state index in [2.05, 4.69) is 21.2 Å². The van der Waals surface area contributed by atoms with Crippen LogP contribution in [0, 0.1) is 0 Å². The number of hydrogen-bond donors (Lipinski definition) is 3. The summed E-state index contributed by atoms with van der Waals surface area (Å²) in [5.74, 6) is 0.546. The number of aliphatic hydroxyl groups is 1. The van der Waals surface area contributed by atoms with Crippen LogP contribution in [0.2, 0.25) is 0 Å². The highest BCUT2D eigenvalue weighted by molar-refractivity contribution is 9.10. The number of phenols is 1. The van der Waals surface area contributed by atoms with Crippen LogP contribution >= 0.6 is 15.9 Å². The van der Waals surface area contributed by atoms with Crippen LogP contribution < -0.4 is 10.1 Å². The standard InChI is InChI=1S/C11H16BrNO3/c1-7(6-14)13-5-8-3-11(16-2)10(15)4-9(8)12/h3-4,7,13-15H,5-6H2,1-2H3. The van der Waals surface area contributed by atoms with Gasteiger partial charge in [-0.3, -0.25) is 0 Å². The van der Waals surface area contributed by atoms with Crippen LogP contribution in [0.1, 0.15) is 12.5 Å². The lowest BCUT2D eigenvalue weighted by Gasteiger charge is -2.13. The fourth-order valence-corrected chi connectivity index (χ4v) is 1.70. The van der Waals surface area contributed by atoms with Gasteiger partial charge in [-0.15, -0.1) is 0 Å². The molecule has 0 spiro atoms. The molecule has 3 N–H and O–H groups in total. The van der Waals surface area contributed by atoms with Crippen LogP contribution in [0.3, 0.4) is 0 Å². The lowest BCUT2D eigenvalue weighted by Crippen LogP contribution is -2.28. The largest absolute Gasteiger partial charge is 0.504 e. The molecule has 0 saturated carbocycles. The Kier molecular flexibility index (Phi) is 5.05. The molecule has 0 fully saturated rings. The van der Waals surface area contributed by atoms with E-state index in [9.17, 15) is 5.11 Å². The lowest BCUT2D eigenvalue weighted by atomic mass is 10.2. The molecular weight excluding hydrogens is 274 g/mol. The summed E-state index contributed by atoms with van der Waals surface area (Å²) in [6, 6.07) is 3.39. The molecule has 16 heavy (non-hydrogen) atoms. The summed E-state index contributed by atoms with van der Waals surface area (Å²) in [7, 11) is 1.51. The quantitative estimate of drug-likeness (QED) is 0.771. The highest BCUT2D eigenvalue weighted by Crippen LogP contribution is 2.32. The number of ether oxygens (including phenoxy) is 1. The minimum absolute atomic E-state index is 0.0340. The van der Waals surface area contributed by atoms with Crippen LogP contribution in [0.5, 0.6) is 11.5 Å². The Morgan fingerprint density at radius 1 is 1.50 bits per heavy atom. The Labute approximate surface area is 103 Å². The van der Waals surface area contributed by atoms with Crippen molar-refractivity contribution in [3.05, 3.63) is 22.2 Å². The molecule has 5 heteroatoms. The van der Waals surface area contributed by atoms with Crippen molar-refractivity contribution in [1.82, 2.24) is 5.32 Å². The maximum absolute atomic E-state index is 9.52. The van der Waals surface area contributed by atoms with Crippen molar-refractivity contribution in [2.24, 2.45) is 0 Å². The average molecular weight is 290 g/mol. The van der Waals surface area contributed by atoms with Gasteiger partial charge in [0.1, 0.15) is 0 Å². The zero-order valence-electron chi connectivity index (χ0n) is 9.33. The van der Waals surface area contributed by atoms with Crippen molar-refractivity contribution in [3.8, 4) is 11.5 Å². The van der Waals surface area contributed by atoms with E-state index >= 15 is 0 Å². The molecule has 0 aromatic heterocycles. The first-order chi connectivity index (χ1) is 7.58. The first-order valence-corrected chi connectivity index (χ1v) is 5.77. The van der Waals surface area contributed by atoms with Crippen LogP contribution in [0.25, 0.3) is 0 Å². The van der Waals surface area contributed by atoms with Gasteiger partial charge in [0.15, 0.2) is 11.5 Å². The second-order valence-corrected chi connectivity index (χ2v) is 4.43. The smallest absolute Gasteiger partial charge is 0.160 e. The Balaban J connectivity index is 2.79. The Morgan fingerprint density at radius 3 is 2.75 bits per heavy atom. The molecule has 0 aliphatic carbocycles. The molecule has 1 rings (SSSR count). The van der Waals surface area contributed by atoms with Crippen LogP contribution in [0.4, 0.5) is 0 Å². The third-order valence-corrected chi connectivity index (χ3v) is 3.00. The molecular formula is C11H16BrNO3. The fraction of sp³-hybridized carbons (Fsp3) is 0.455. The normalized spacial score (nSPS) is 12.5. The summed E-state index contributed by atoms with van der Waals surface area (Å²) in [4.78, 5) is 0. The number of nitrogens with one attached hydrogen (secondary N) is 1. The number of phenolic OH excluding ortho intramolecular Hbond substituents is 1. The average Bonchev–Trinajstić information content (AvgIpc) is 2.27. The molecule has 0 aliphatic rings.